The van der Waals surface area contributed by atoms with Crippen molar-refractivity contribution in [3.63, 3.8) is 0 Å². The number of benzene rings is 2. The predicted molar refractivity (Wildman–Crippen MR) is 131 cm³/mol. The number of fused-ring (bicyclic) bond motifs is 1. The molecule has 0 aliphatic rings. The Kier molecular flexibility index (Phi) is 7.52. The van der Waals surface area contributed by atoms with Crippen molar-refractivity contribution in [2.24, 2.45) is 0 Å². The number of sulfonamides is 1. The standard InChI is InChI=1S/C23H24N6O7S/c1-2-14-35-29(20(30)19-12-13-25-36-19)23(21(31)32,28-37(33,34)16-8-4-3-5-9-16)15-24-22-26-17-10-6-7-11-18(17)27-22/h3-13,28H,2,14-15H2,1H3,(H,31,32)(H2,24,26,27). The van der Waals surface area contributed by atoms with E-state index in [1.54, 1.807) is 37.3 Å². The third-order valence-corrected chi connectivity index (χ3v) is 6.72. The molecule has 2 heterocycles. The first kappa shape index (κ1) is 25.8. The largest absolute Gasteiger partial charge is 0.478 e. The van der Waals surface area contributed by atoms with Crippen molar-refractivity contribution in [3.05, 3.63) is 72.6 Å². The quantitative estimate of drug-likeness (QED) is 0.157. The fourth-order valence-corrected chi connectivity index (χ4v) is 4.76. The summed E-state index contributed by atoms with van der Waals surface area (Å²) in [5.41, 5.74) is -1.44. The molecule has 2 aromatic heterocycles. The van der Waals surface area contributed by atoms with Gasteiger partial charge in [0.1, 0.15) is 0 Å². The van der Waals surface area contributed by atoms with Crippen LogP contribution in [0.1, 0.15) is 23.9 Å². The molecular formula is C23H24N6O7S. The van der Waals surface area contributed by atoms with Gasteiger partial charge in [-0.15, -0.1) is 0 Å². The van der Waals surface area contributed by atoms with Gasteiger partial charge in [-0.3, -0.25) is 9.63 Å². The van der Waals surface area contributed by atoms with Gasteiger partial charge in [0.15, 0.2) is 0 Å². The number of aliphatic carboxylic acids is 1. The SMILES string of the molecule is CCCON(C(=O)c1ccno1)C(CNc1nc2ccccc2[nH]1)(NS(=O)(=O)c1ccccc1)C(=O)O. The molecule has 194 valence electrons. The molecule has 0 bridgehead atoms. The number of aromatic amines is 1. The fourth-order valence-electron chi connectivity index (χ4n) is 3.44. The molecule has 1 unspecified atom stereocenters. The number of imidazole rings is 1. The first-order valence-electron chi connectivity index (χ1n) is 11.2. The van der Waals surface area contributed by atoms with Gasteiger partial charge in [0, 0.05) is 6.07 Å². The molecule has 1 atom stereocenters. The van der Waals surface area contributed by atoms with E-state index in [2.05, 4.69) is 25.2 Å². The summed E-state index contributed by atoms with van der Waals surface area (Å²) in [6.07, 6.45) is 1.58. The highest BCUT2D eigenvalue weighted by molar-refractivity contribution is 7.89. The second kappa shape index (κ2) is 10.8. The van der Waals surface area contributed by atoms with E-state index in [0.29, 0.717) is 22.5 Å². The number of carbonyl (C=O) groups is 2. The second-order valence-corrected chi connectivity index (χ2v) is 9.53. The van der Waals surface area contributed by atoms with Crippen LogP contribution in [0, 0.1) is 0 Å². The molecular weight excluding hydrogens is 504 g/mol. The number of aromatic nitrogens is 3. The number of nitrogens with zero attached hydrogens (tertiary/aromatic N) is 3. The number of amides is 1. The highest BCUT2D eigenvalue weighted by Crippen LogP contribution is 2.23. The number of hydrogen-bond donors (Lipinski definition) is 4. The number of nitrogens with one attached hydrogen (secondary N) is 3. The highest BCUT2D eigenvalue weighted by Gasteiger charge is 2.52. The monoisotopic (exact) mass is 528 g/mol. The smallest absolute Gasteiger partial charge is 0.350 e. The van der Waals surface area contributed by atoms with Crippen molar-refractivity contribution < 1.29 is 32.5 Å². The Morgan fingerprint density at radius 3 is 2.51 bits per heavy atom. The number of rotatable bonds is 12. The van der Waals surface area contributed by atoms with Gasteiger partial charge in [-0.25, -0.2) is 18.2 Å². The first-order chi connectivity index (χ1) is 17.8. The minimum absolute atomic E-state index is 0.105. The fraction of sp³-hybridized carbons (Fsp3) is 0.217. The third kappa shape index (κ3) is 5.45. The van der Waals surface area contributed by atoms with E-state index in [1.807, 2.05) is 0 Å². The summed E-state index contributed by atoms with van der Waals surface area (Å²) in [6.45, 7) is 0.949. The van der Waals surface area contributed by atoms with Crippen LogP contribution in [0.4, 0.5) is 5.95 Å². The van der Waals surface area contributed by atoms with Crippen molar-refractivity contribution in [2.45, 2.75) is 23.9 Å². The van der Waals surface area contributed by atoms with Gasteiger partial charge in [-0.05, 0) is 30.7 Å². The van der Waals surface area contributed by atoms with Gasteiger partial charge in [0.2, 0.25) is 27.4 Å². The van der Waals surface area contributed by atoms with E-state index in [9.17, 15) is 23.1 Å². The molecule has 0 saturated heterocycles. The summed E-state index contributed by atoms with van der Waals surface area (Å²) < 4.78 is 33.8. The molecule has 37 heavy (non-hydrogen) atoms. The van der Waals surface area contributed by atoms with Gasteiger partial charge < -0.3 is 19.9 Å². The van der Waals surface area contributed by atoms with Crippen LogP contribution in [0.15, 0.2) is 76.3 Å². The zero-order valence-electron chi connectivity index (χ0n) is 19.6. The molecule has 0 spiro atoms. The number of carboxylic acids is 1. The van der Waals surface area contributed by atoms with E-state index >= 15 is 0 Å². The molecule has 1 amide bonds. The van der Waals surface area contributed by atoms with Gasteiger partial charge in [0.05, 0.1) is 35.3 Å². The summed E-state index contributed by atoms with van der Waals surface area (Å²) in [5, 5.41) is 17.2. The maximum Gasteiger partial charge on any atom is 0.350 e. The maximum atomic E-state index is 13.4. The summed E-state index contributed by atoms with van der Waals surface area (Å²) in [6, 6.07) is 15.4. The van der Waals surface area contributed by atoms with E-state index < -0.39 is 34.1 Å². The van der Waals surface area contributed by atoms with E-state index in [1.165, 1.54) is 36.5 Å². The number of hydroxylamine groups is 2. The maximum absolute atomic E-state index is 13.4. The number of carboxylic acid groups (broad SMARTS) is 1. The van der Waals surface area contributed by atoms with Crippen molar-refractivity contribution in [1.82, 2.24) is 24.9 Å². The normalized spacial score (nSPS) is 13.2. The lowest BCUT2D eigenvalue weighted by Gasteiger charge is -2.38. The van der Waals surface area contributed by atoms with Gasteiger partial charge >= 0.3 is 11.9 Å². The Hall–Kier alpha value is -4.27. The molecule has 0 aliphatic carbocycles. The summed E-state index contributed by atoms with van der Waals surface area (Å²) >= 11 is 0. The average molecular weight is 529 g/mol. The van der Waals surface area contributed by atoms with Gasteiger partial charge in [-0.1, -0.05) is 42.4 Å². The van der Waals surface area contributed by atoms with Crippen LogP contribution in [0.2, 0.25) is 0 Å². The molecule has 0 fully saturated rings. The van der Waals surface area contributed by atoms with Crippen LogP contribution >= 0.6 is 0 Å². The zero-order chi connectivity index (χ0) is 26.5. The molecule has 0 saturated carbocycles. The molecule has 13 nitrogen and oxygen atoms in total. The second-order valence-electron chi connectivity index (χ2n) is 7.85. The zero-order valence-corrected chi connectivity index (χ0v) is 20.4. The number of hydrogen-bond acceptors (Lipinski definition) is 9. The summed E-state index contributed by atoms with van der Waals surface area (Å²) in [4.78, 5) is 38.9. The molecule has 2 aromatic carbocycles. The Morgan fingerprint density at radius 2 is 1.86 bits per heavy atom. The minimum atomic E-state index is -4.49. The minimum Gasteiger partial charge on any atom is -0.478 e. The molecule has 0 aliphatic heterocycles. The van der Waals surface area contributed by atoms with E-state index in [4.69, 9.17) is 9.36 Å². The van der Waals surface area contributed by atoms with Crippen LogP contribution < -0.4 is 10.0 Å². The number of carbonyl (C=O) groups excluding carboxylic acids is 1. The van der Waals surface area contributed by atoms with Crippen molar-refractivity contribution >= 4 is 38.9 Å². The van der Waals surface area contributed by atoms with Crippen molar-refractivity contribution in [3.8, 4) is 0 Å². The molecule has 4 aromatic rings. The third-order valence-electron chi connectivity index (χ3n) is 5.22. The van der Waals surface area contributed by atoms with E-state index in [-0.39, 0.29) is 23.2 Å². The van der Waals surface area contributed by atoms with Crippen LogP contribution in [-0.4, -0.2) is 64.4 Å². The Bertz CT molecular complexity index is 1440. The number of anilines is 1. The average Bonchev–Trinajstić information content (AvgIpc) is 3.57. The highest BCUT2D eigenvalue weighted by atomic mass is 32.2. The molecule has 4 N–H and O–H groups in total. The van der Waals surface area contributed by atoms with Crippen LogP contribution in [0.25, 0.3) is 11.0 Å². The summed E-state index contributed by atoms with van der Waals surface area (Å²) in [7, 11) is -4.49. The number of H-pyrrole nitrogens is 1. The lowest BCUT2D eigenvalue weighted by Crippen LogP contribution is -2.70. The Labute approximate surface area is 211 Å². The lowest BCUT2D eigenvalue weighted by atomic mass is 10.1. The van der Waals surface area contributed by atoms with E-state index in [0.717, 1.165) is 0 Å². The molecule has 14 heteroatoms. The number of para-hydroxylation sites is 2. The first-order valence-corrected chi connectivity index (χ1v) is 12.6. The predicted octanol–water partition coefficient (Wildman–Crippen LogP) is 2.21. The Balaban J connectivity index is 1.80. The van der Waals surface area contributed by atoms with Gasteiger partial charge in [0.25, 0.3) is 0 Å². The van der Waals surface area contributed by atoms with Crippen molar-refractivity contribution in [2.75, 3.05) is 18.5 Å². The lowest BCUT2D eigenvalue weighted by molar-refractivity contribution is -0.203. The van der Waals surface area contributed by atoms with Gasteiger partial charge in [-0.2, -0.15) is 9.79 Å². The van der Waals surface area contributed by atoms with Crippen LogP contribution in [0.5, 0.6) is 0 Å². The molecule has 0 radical (unpaired) electrons. The van der Waals surface area contributed by atoms with Crippen molar-refractivity contribution in [1.29, 1.82) is 0 Å². The Morgan fingerprint density at radius 1 is 1.14 bits per heavy atom. The summed E-state index contributed by atoms with van der Waals surface area (Å²) in [5.74, 6) is -2.99. The molecule has 4 rings (SSSR count). The topological polar surface area (TPSA) is 180 Å². The van der Waals surface area contributed by atoms with Crippen LogP contribution in [0.3, 0.4) is 0 Å². The van der Waals surface area contributed by atoms with Crippen LogP contribution in [-0.2, 0) is 19.7 Å².